The molecule has 182 valence electrons. The van der Waals surface area contributed by atoms with Gasteiger partial charge in [0, 0.05) is 11.6 Å². The van der Waals surface area contributed by atoms with E-state index >= 15 is 0 Å². The van der Waals surface area contributed by atoms with Gasteiger partial charge in [-0.15, -0.1) is 0 Å². The smallest absolute Gasteiger partial charge is 0.326 e. The maximum Gasteiger partial charge on any atom is 0.326 e. The zero-order chi connectivity index (χ0) is 24.1. The molecule has 34 heavy (non-hydrogen) atoms. The number of rotatable bonds is 10. The van der Waals surface area contributed by atoms with Gasteiger partial charge in [-0.3, -0.25) is 4.79 Å². The molecule has 1 saturated carbocycles. The van der Waals surface area contributed by atoms with Crippen molar-refractivity contribution in [3.63, 3.8) is 0 Å². The number of imidazole rings is 1. The van der Waals surface area contributed by atoms with Crippen LogP contribution in [0.1, 0.15) is 93.2 Å². The Morgan fingerprint density at radius 2 is 1.94 bits per heavy atom. The quantitative estimate of drug-likeness (QED) is 0.398. The number of benzene rings is 1. The maximum atomic E-state index is 13.0. The minimum atomic E-state index is -0.973. The van der Waals surface area contributed by atoms with Gasteiger partial charge in [0.25, 0.3) is 5.91 Å². The van der Waals surface area contributed by atoms with Crippen molar-refractivity contribution in [1.82, 2.24) is 14.9 Å². The van der Waals surface area contributed by atoms with Crippen molar-refractivity contribution in [1.29, 1.82) is 0 Å². The van der Waals surface area contributed by atoms with Crippen LogP contribution in [0.25, 0.3) is 11.0 Å². The summed E-state index contributed by atoms with van der Waals surface area (Å²) in [5.41, 5.74) is 2.14. The monoisotopic (exact) mass is 465 g/mol. The number of hydrogen-bond acceptors (Lipinski definition) is 4. The van der Waals surface area contributed by atoms with Crippen LogP contribution in [0.5, 0.6) is 0 Å². The molecule has 1 amide bonds. The van der Waals surface area contributed by atoms with E-state index in [1.807, 2.05) is 18.2 Å². The number of amides is 1. The predicted octanol–water partition coefficient (Wildman–Crippen LogP) is 5.73. The molecule has 0 aliphatic heterocycles. The van der Waals surface area contributed by atoms with Crippen LogP contribution < -0.4 is 5.32 Å². The van der Waals surface area contributed by atoms with Gasteiger partial charge in [0.05, 0.1) is 23.7 Å². The van der Waals surface area contributed by atoms with Crippen molar-refractivity contribution >= 4 is 22.9 Å². The van der Waals surface area contributed by atoms with Crippen LogP contribution in [-0.4, -0.2) is 32.6 Å². The minimum absolute atomic E-state index is 0.293. The maximum absolute atomic E-state index is 13.0. The second kappa shape index (κ2) is 10.9. The second-order valence-corrected chi connectivity index (χ2v) is 9.43. The Labute approximate surface area is 200 Å². The Hall–Kier alpha value is -3.09. The number of carboxylic acids is 1. The number of carbonyl (C=O) groups excluding carboxylic acids is 1. The van der Waals surface area contributed by atoms with Crippen molar-refractivity contribution in [3.05, 3.63) is 53.7 Å². The van der Waals surface area contributed by atoms with Crippen molar-refractivity contribution in [2.24, 2.45) is 5.92 Å². The van der Waals surface area contributed by atoms with Crippen LogP contribution in [0, 0.1) is 5.92 Å². The normalized spacial score (nSPS) is 15.6. The highest BCUT2D eigenvalue weighted by atomic mass is 16.4. The molecule has 1 atom stereocenters. The number of carboxylic acid groups (broad SMARTS) is 1. The molecule has 7 heteroatoms. The summed E-state index contributed by atoms with van der Waals surface area (Å²) in [5.74, 6) is 0.760. The third-order valence-corrected chi connectivity index (χ3v) is 7.14. The first-order valence-corrected chi connectivity index (χ1v) is 12.6. The van der Waals surface area contributed by atoms with E-state index in [4.69, 9.17) is 9.40 Å². The number of furan rings is 1. The molecule has 0 spiro atoms. The molecule has 0 radical (unpaired) electrons. The van der Waals surface area contributed by atoms with E-state index in [0.29, 0.717) is 30.4 Å². The summed E-state index contributed by atoms with van der Waals surface area (Å²) in [5, 5.41) is 12.5. The number of aliphatic carboxylic acids is 1. The van der Waals surface area contributed by atoms with Crippen LogP contribution in [0.3, 0.4) is 0 Å². The number of nitrogens with zero attached hydrogens (tertiary/aromatic N) is 2. The molecule has 2 aromatic heterocycles. The van der Waals surface area contributed by atoms with Crippen LogP contribution in [-0.2, 0) is 11.2 Å². The van der Waals surface area contributed by atoms with E-state index in [1.165, 1.54) is 6.42 Å². The van der Waals surface area contributed by atoms with Gasteiger partial charge in [-0.25, -0.2) is 9.78 Å². The molecule has 4 rings (SSSR count). The highest BCUT2D eigenvalue weighted by Crippen LogP contribution is 2.29. The van der Waals surface area contributed by atoms with Crippen LogP contribution in [0.15, 0.2) is 41.0 Å². The SMILES string of the molecule is CCC(CC)n1c(Cc2ccco2)nc2cc(C(=O)NC(CC3CCCCC3)C(=O)O)ccc21. The molecule has 1 fully saturated rings. The van der Waals surface area contributed by atoms with E-state index in [-0.39, 0.29) is 5.91 Å². The molecule has 0 bridgehead atoms. The lowest BCUT2D eigenvalue weighted by Gasteiger charge is -2.25. The fourth-order valence-electron chi connectivity index (χ4n) is 5.26. The lowest BCUT2D eigenvalue weighted by atomic mass is 9.85. The Morgan fingerprint density at radius 3 is 2.59 bits per heavy atom. The summed E-state index contributed by atoms with van der Waals surface area (Å²) >= 11 is 0. The molecule has 3 aromatic rings. The van der Waals surface area contributed by atoms with Gasteiger partial charge >= 0.3 is 5.97 Å². The van der Waals surface area contributed by atoms with Gasteiger partial charge in [0.15, 0.2) is 0 Å². The van der Waals surface area contributed by atoms with Crippen LogP contribution in [0.4, 0.5) is 0 Å². The van der Waals surface area contributed by atoms with E-state index in [9.17, 15) is 14.7 Å². The van der Waals surface area contributed by atoms with Gasteiger partial charge in [-0.1, -0.05) is 46.0 Å². The summed E-state index contributed by atoms with van der Waals surface area (Å²) < 4.78 is 7.81. The van der Waals surface area contributed by atoms with Crippen LogP contribution >= 0.6 is 0 Å². The number of aromatic nitrogens is 2. The Bertz CT molecular complexity index is 1110. The summed E-state index contributed by atoms with van der Waals surface area (Å²) in [6, 6.07) is 8.70. The molecular formula is C27H35N3O4. The van der Waals surface area contributed by atoms with Crippen molar-refractivity contribution in [2.75, 3.05) is 0 Å². The van der Waals surface area contributed by atoms with Gasteiger partial charge in [-0.2, -0.15) is 0 Å². The lowest BCUT2D eigenvalue weighted by Crippen LogP contribution is -2.42. The minimum Gasteiger partial charge on any atom is -0.480 e. The van der Waals surface area contributed by atoms with E-state index in [1.54, 1.807) is 18.4 Å². The van der Waals surface area contributed by atoms with E-state index in [0.717, 1.165) is 61.1 Å². The number of hydrogen-bond donors (Lipinski definition) is 2. The van der Waals surface area contributed by atoms with Gasteiger partial charge in [0.1, 0.15) is 17.6 Å². The fraction of sp³-hybridized carbons (Fsp3) is 0.519. The Balaban J connectivity index is 1.59. The molecule has 0 saturated heterocycles. The first-order chi connectivity index (χ1) is 16.5. The Morgan fingerprint density at radius 1 is 1.18 bits per heavy atom. The molecule has 7 nitrogen and oxygen atoms in total. The first kappa shape index (κ1) is 24.0. The molecule has 1 aliphatic rings. The lowest BCUT2D eigenvalue weighted by molar-refractivity contribution is -0.139. The van der Waals surface area contributed by atoms with Crippen molar-refractivity contribution in [2.45, 2.75) is 83.7 Å². The zero-order valence-corrected chi connectivity index (χ0v) is 20.1. The summed E-state index contributed by atoms with van der Waals surface area (Å²) in [7, 11) is 0. The average Bonchev–Trinajstić information content (AvgIpc) is 3.48. The fourth-order valence-corrected chi connectivity index (χ4v) is 5.26. The highest BCUT2D eigenvalue weighted by molar-refractivity contribution is 5.99. The first-order valence-electron chi connectivity index (χ1n) is 12.6. The van der Waals surface area contributed by atoms with Gasteiger partial charge in [-0.05, 0) is 55.5 Å². The second-order valence-electron chi connectivity index (χ2n) is 9.43. The number of nitrogens with one attached hydrogen (secondary N) is 1. The van der Waals surface area contributed by atoms with E-state index < -0.39 is 12.0 Å². The summed E-state index contributed by atoms with van der Waals surface area (Å²) in [6.07, 6.45) is 10.2. The average molecular weight is 466 g/mol. The number of fused-ring (bicyclic) bond motifs is 1. The van der Waals surface area contributed by atoms with Gasteiger partial charge in [0.2, 0.25) is 0 Å². The molecule has 2 N–H and O–H groups in total. The molecular weight excluding hydrogens is 430 g/mol. The van der Waals surface area contributed by atoms with E-state index in [2.05, 4.69) is 23.7 Å². The predicted molar refractivity (Wildman–Crippen MR) is 131 cm³/mol. The molecule has 1 aliphatic carbocycles. The number of carbonyl (C=O) groups is 2. The molecule has 2 heterocycles. The topological polar surface area (TPSA) is 97.4 Å². The van der Waals surface area contributed by atoms with Crippen molar-refractivity contribution < 1.29 is 19.1 Å². The zero-order valence-electron chi connectivity index (χ0n) is 20.1. The highest BCUT2D eigenvalue weighted by Gasteiger charge is 2.26. The van der Waals surface area contributed by atoms with Crippen molar-refractivity contribution in [3.8, 4) is 0 Å². The standard InChI is InChI=1S/C27H35N3O4/c1-3-20(4-2)30-24-13-12-19(16-22(24)28-25(30)17-21-11-8-14-34-21)26(31)29-23(27(32)33)15-18-9-6-5-7-10-18/h8,11-14,16,18,20,23H,3-7,9-10,15,17H2,1-2H3,(H,29,31)(H,32,33). The Kier molecular flexibility index (Phi) is 7.70. The molecule has 1 unspecified atom stereocenters. The third kappa shape index (κ3) is 5.34. The molecule has 1 aromatic carbocycles. The van der Waals surface area contributed by atoms with Gasteiger partial charge < -0.3 is 19.4 Å². The summed E-state index contributed by atoms with van der Waals surface area (Å²) in [4.78, 5) is 29.7. The largest absolute Gasteiger partial charge is 0.480 e. The van der Waals surface area contributed by atoms with Crippen LogP contribution in [0.2, 0.25) is 0 Å². The summed E-state index contributed by atoms with van der Waals surface area (Å²) in [6.45, 7) is 4.33. The third-order valence-electron chi connectivity index (χ3n) is 7.14.